The first-order chi connectivity index (χ1) is 16.4. The third-order valence-corrected chi connectivity index (χ3v) is 7.38. The van der Waals surface area contributed by atoms with E-state index < -0.39 is 88.4 Å². The molecule has 19 heteroatoms. The van der Waals surface area contributed by atoms with Gasteiger partial charge >= 0.3 is 31.2 Å². The first-order valence-electron chi connectivity index (χ1n) is 9.06. The largest absolute Gasteiger partial charge is 0.501 e. The number of Topliss-reactive ketones (excluding diaryl/α,β-unsaturated/α-hetero) is 2. The van der Waals surface area contributed by atoms with Crippen LogP contribution in [0.2, 0.25) is 0 Å². The Morgan fingerprint density at radius 3 is 1.86 bits per heavy atom. The van der Waals surface area contributed by atoms with Gasteiger partial charge in [0.05, 0.1) is 11.3 Å². The highest BCUT2D eigenvalue weighted by Gasteiger charge is 2.57. The summed E-state index contributed by atoms with van der Waals surface area (Å²) in [6, 6.07) is 5.48. The maximum absolute atomic E-state index is 13.5. The average molecular weight is 544 g/mol. The molecule has 5 bridgehead atoms. The van der Waals surface area contributed by atoms with Crippen molar-refractivity contribution in [2.75, 3.05) is 10.1 Å². The molecule has 0 fully saturated rings. The van der Waals surface area contributed by atoms with Crippen LogP contribution in [0.3, 0.4) is 0 Å². The summed E-state index contributed by atoms with van der Waals surface area (Å²) in [5, 5.41) is 0.720. The normalized spacial score (nSPS) is 23.1. The van der Waals surface area contributed by atoms with Crippen molar-refractivity contribution in [2.45, 2.75) is 0 Å². The van der Waals surface area contributed by atoms with Gasteiger partial charge in [-0.15, -0.1) is 17.0 Å². The van der Waals surface area contributed by atoms with Gasteiger partial charge in [0.2, 0.25) is 34.6 Å². The Morgan fingerprint density at radius 2 is 1.14 bits per heavy atom. The molecule has 35 heavy (non-hydrogen) atoms. The lowest BCUT2D eigenvalue weighted by molar-refractivity contribution is 0.0983. The van der Waals surface area contributed by atoms with Crippen molar-refractivity contribution in [3.8, 4) is 23.0 Å². The van der Waals surface area contributed by atoms with Crippen LogP contribution in [-0.4, -0.2) is 36.8 Å². The summed E-state index contributed by atoms with van der Waals surface area (Å²) in [5.74, 6) is -6.04. The molecule has 16 nitrogen and oxygen atoms in total. The first kappa shape index (κ1) is 20.5. The van der Waals surface area contributed by atoms with E-state index in [1.54, 1.807) is 0 Å². The molecule has 2 aromatic rings. The van der Waals surface area contributed by atoms with Crippen molar-refractivity contribution in [1.29, 1.82) is 0 Å². The fraction of sp³-hybridized carbons (Fsp3) is 0. The van der Waals surface area contributed by atoms with E-state index in [0.717, 1.165) is 0 Å². The van der Waals surface area contributed by atoms with Crippen molar-refractivity contribution >= 4 is 54.1 Å². The van der Waals surface area contributed by atoms with Crippen molar-refractivity contribution in [1.82, 2.24) is 0 Å². The summed E-state index contributed by atoms with van der Waals surface area (Å²) in [6.07, 6.45) is 0. The highest BCUT2D eigenvalue weighted by Crippen LogP contribution is 2.63. The lowest BCUT2D eigenvalue weighted by atomic mass is 10.1. The zero-order chi connectivity index (χ0) is 24.7. The molecule has 0 amide bonds. The Bertz CT molecular complexity index is 1840. The van der Waals surface area contributed by atoms with Gasteiger partial charge in [-0.3, -0.25) is 9.59 Å². The van der Waals surface area contributed by atoms with Crippen molar-refractivity contribution in [3.05, 3.63) is 46.8 Å². The molecular formula is C16H4N2O14S3. The molecule has 0 radical (unpaired) electrons. The molecule has 0 spiro atoms. The Balaban J connectivity index is 1.65. The van der Waals surface area contributed by atoms with E-state index in [0.29, 0.717) is 5.06 Å². The Morgan fingerprint density at radius 1 is 0.600 bits per heavy atom. The summed E-state index contributed by atoms with van der Waals surface area (Å²) < 4.78 is 103. The second-order valence-corrected chi connectivity index (χ2v) is 10.6. The van der Waals surface area contributed by atoms with E-state index in [4.69, 9.17) is 16.9 Å². The van der Waals surface area contributed by atoms with Gasteiger partial charge in [0, 0.05) is 0 Å². The highest BCUT2D eigenvalue weighted by molar-refractivity contribution is 7.83. The number of allylic oxidation sites excluding steroid dienone is 2. The van der Waals surface area contributed by atoms with Crippen molar-refractivity contribution < 1.29 is 60.1 Å². The zero-order valence-corrected chi connectivity index (χ0v) is 18.6. The lowest BCUT2D eigenvalue weighted by Gasteiger charge is -2.21. The predicted octanol–water partition coefficient (Wildman–Crippen LogP) is -0.243. The van der Waals surface area contributed by atoms with Gasteiger partial charge in [0.25, 0.3) is 0 Å². The number of carbonyl (C=O) groups excluding carboxylic acids is 2. The number of fused-ring (bicyclic) bond motifs is 6. The molecule has 0 unspecified atom stereocenters. The van der Waals surface area contributed by atoms with Crippen LogP contribution in [0, 0.1) is 0 Å². The van der Waals surface area contributed by atoms with E-state index in [-0.39, 0.29) is 16.3 Å². The molecule has 0 N–H and O–H groups in total. The summed E-state index contributed by atoms with van der Waals surface area (Å²) in [4.78, 5) is 26.8. The number of hydrogen-bond acceptors (Lipinski definition) is 16. The van der Waals surface area contributed by atoms with Crippen LogP contribution in [0.25, 0.3) is 0 Å². The molecule has 5 aliphatic rings. The number of ketones is 2. The third kappa shape index (κ3) is 2.52. The SMILES string of the molecule is O=C1C2=C3C(=O)c4c5c6c(c(c4N3OS(=O)(=O)O5)OS(=O)(=O)ON2c2ccccc21)OS(=O)(=O)O6. The molecule has 0 atom stereocenters. The molecular weight excluding hydrogens is 540 g/mol. The van der Waals surface area contributed by atoms with Crippen LogP contribution in [0.5, 0.6) is 23.0 Å². The minimum atomic E-state index is -5.20. The molecule has 0 saturated heterocycles. The van der Waals surface area contributed by atoms with Crippen LogP contribution in [0.1, 0.15) is 20.7 Å². The second-order valence-electron chi connectivity index (χ2n) is 7.21. The summed E-state index contributed by atoms with van der Waals surface area (Å²) in [5.41, 5.74) is -3.22. The van der Waals surface area contributed by atoms with Gasteiger partial charge in [-0.25, -0.2) is 0 Å². The van der Waals surface area contributed by atoms with Gasteiger partial charge in [0.1, 0.15) is 22.6 Å². The lowest BCUT2D eigenvalue weighted by Crippen LogP contribution is -2.34. The van der Waals surface area contributed by atoms with Crippen LogP contribution < -0.4 is 26.9 Å². The molecule has 7 rings (SSSR count). The fourth-order valence-corrected chi connectivity index (χ4v) is 6.26. The van der Waals surface area contributed by atoms with Gasteiger partial charge in [-0.1, -0.05) is 12.1 Å². The van der Waals surface area contributed by atoms with Gasteiger partial charge in [0.15, 0.2) is 0 Å². The zero-order valence-electron chi connectivity index (χ0n) is 16.1. The van der Waals surface area contributed by atoms with Crippen LogP contribution in [0.4, 0.5) is 11.4 Å². The Labute approximate surface area is 194 Å². The maximum atomic E-state index is 13.5. The van der Waals surface area contributed by atoms with Gasteiger partial charge < -0.3 is 16.7 Å². The molecule has 2 aromatic carbocycles. The molecule has 180 valence electrons. The second kappa shape index (κ2) is 5.83. The Hall–Kier alpha value is -3.91. The number of nitrogens with zero attached hydrogens (tertiary/aromatic N) is 2. The number of para-hydroxylation sites is 1. The highest BCUT2D eigenvalue weighted by atomic mass is 32.3. The number of carbonyl (C=O) groups is 2. The smallest absolute Gasteiger partial charge is 0.355 e. The van der Waals surface area contributed by atoms with Crippen molar-refractivity contribution in [2.24, 2.45) is 0 Å². The van der Waals surface area contributed by atoms with Gasteiger partial charge in [-0.2, -0.15) is 27.0 Å². The number of anilines is 2. The monoisotopic (exact) mass is 544 g/mol. The summed E-state index contributed by atoms with van der Waals surface area (Å²) in [6.45, 7) is 0. The number of benzene rings is 2. The molecule has 0 saturated carbocycles. The summed E-state index contributed by atoms with van der Waals surface area (Å²) >= 11 is 0. The molecule has 5 aliphatic heterocycles. The fourth-order valence-electron chi connectivity index (χ4n) is 4.06. The first-order valence-corrected chi connectivity index (χ1v) is 13.1. The van der Waals surface area contributed by atoms with E-state index in [1.807, 2.05) is 0 Å². The van der Waals surface area contributed by atoms with Gasteiger partial charge in [-0.05, 0) is 12.1 Å². The minimum absolute atomic E-state index is 0.0913. The molecule has 5 heterocycles. The number of rotatable bonds is 0. The van der Waals surface area contributed by atoms with Crippen LogP contribution >= 0.6 is 0 Å². The number of hydroxylamine groups is 2. The summed E-state index contributed by atoms with van der Waals surface area (Å²) in [7, 11) is -15.2. The van der Waals surface area contributed by atoms with E-state index in [1.165, 1.54) is 24.3 Å². The third-order valence-electron chi connectivity index (χ3n) is 5.23. The van der Waals surface area contributed by atoms with E-state index in [9.17, 15) is 34.8 Å². The standard InChI is InChI=1S/C16H4N2O14S3/c19-11-5-3-1-2-4-6(5)17-9(11)10-12(20)7-8-14(28-35(25,26)31-17)16-15(29-33(21,22)30-16)13(7)27-34(23,24)32-18(8)10/h1-4H. The maximum Gasteiger partial charge on any atom is 0.501 e. The predicted molar refractivity (Wildman–Crippen MR) is 105 cm³/mol. The topological polar surface area (TPSA) is 198 Å². The van der Waals surface area contributed by atoms with E-state index >= 15 is 0 Å². The van der Waals surface area contributed by atoms with Crippen LogP contribution in [0.15, 0.2) is 35.7 Å². The number of hydrogen-bond donors (Lipinski definition) is 0. The van der Waals surface area contributed by atoms with Crippen molar-refractivity contribution in [3.63, 3.8) is 0 Å². The van der Waals surface area contributed by atoms with Crippen LogP contribution in [-0.2, 0) is 39.8 Å². The quantitative estimate of drug-likeness (QED) is 0.420. The Kier molecular flexibility index (Phi) is 3.41. The average Bonchev–Trinajstić information content (AvgIpc) is 3.29. The van der Waals surface area contributed by atoms with E-state index in [2.05, 4.69) is 8.37 Å². The minimum Gasteiger partial charge on any atom is -0.355 e. The molecule has 0 aromatic heterocycles. The molecule has 0 aliphatic carbocycles.